The number of ether oxygens (including phenoxy) is 1. The monoisotopic (exact) mass is 515 g/mol. The summed E-state index contributed by atoms with van der Waals surface area (Å²) in [5, 5.41) is 3.83. The van der Waals surface area contributed by atoms with Crippen molar-refractivity contribution in [3.05, 3.63) is 58.5 Å². The first-order chi connectivity index (χ1) is 18.0. The highest BCUT2D eigenvalue weighted by molar-refractivity contribution is 7.16. The number of aromatic nitrogens is 1. The molecule has 2 amide bonds. The molecule has 1 aromatic heterocycles. The van der Waals surface area contributed by atoms with Crippen LogP contribution in [0.25, 0.3) is 11.3 Å². The van der Waals surface area contributed by atoms with Crippen LogP contribution in [-0.4, -0.2) is 30.5 Å². The van der Waals surface area contributed by atoms with Crippen LogP contribution in [0.15, 0.2) is 42.5 Å². The van der Waals surface area contributed by atoms with E-state index in [4.69, 9.17) is 9.72 Å². The van der Waals surface area contributed by atoms with Crippen molar-refractivity contribution in [2.45, 2.75) is 63.7 Å². The Morgan fingerprint density at radius 3 is 2.54 bits per heavy atom. The van der Waals surface area contributed by atoms with Crippen LogP contribution >= 0.6 is 11.3 Å². The van der Waals surface area contributed by atoms with E-state index >= 15 is 0 Å². The summed E-state index contributed by atoms with van der Waals surface area (Å²) < 4.78 is 5.33. The number of carbonyl (C=O) groups is 2. The number of aryl methyl sites for hydroxylation is 1. The van der Waals surface area contributed by atoms with Crippen molar-refractivity contribution in [3.8, 4) is 17.0 Å². The van der Waals surface area contributed by atoms with Crippen molar-refractivity contribution in [3.63, 3.8) is 0 Å². The van der Waals surface area contributed by atoms with E-state index in [1.54, 1.807) is 7.11 Å². The van der Waals surface area contributed by atoms with Gasteiger partial charge in [0.1, 0.15) is 5.75 Å². The van der Waals surface area contributed by atoms with E-state index < -0.39 is 5.41 Å². The van der Waals surface area contributed by atoms with E-state index in [1.165, 1.54) is 16.9 Å². The Labute approximate surface area is 222 Å². The Balaban J connectivity index is 1.24. The van der Waals surface area contributed by atoms with Gasteiger partial charge in [-0.15, -0.1) is 11.3 Å². The van der Waals surface area contributed by atoms with Crippen molar-refractivity contribution in [1.82, 2.24) is 4.98 Å². The molecular formula is C30H33N3O3S. The molecule has 192 valence electrons. The van der Waals surface area contributed by atoms with Crippen LogP contribution in [0.2, 0.25) is 0 Å². The van der Waals surface area contributed by atoms with E-state index in [0.29, 0.717) is 5.13 Å². The topological polar surface area (TPSA) is 71.5 Å². The lowest BCUT2D eigenvalue weighted by Crippen LogP contribution is -2.42. The highest BCUT2D eigenvalue weighted by atomic mass is 32.1. The Bertz CT molecular complexity index is 1340. The molecule has 0 atom stereocenters. The average Bonchev–Trinajstić information content (AvgIpc) is 3.60. The number of hydrogen-bond acceptors (Lipinski definition) is 5. The molecule has 0 saturated heterocycles. The van der Waals surface area contributed by atoms with Crippen molar-refractivity contribution in [1.29, 1.82) is 0 Å². The van der Waals surface area contributed by atoms with Crippen LogP contribution in [0.3, 0.4) is 0 Å². The fraction of sp³-hybridized carbons (Fsp3) is 0.433. The molecule has 6 rings (SSSR count). The zero-order valence-electron chi connectivity index (χ0n) is 21.5. The third kappa shape index (κ3) is 4.43. The highest BCUT2D eigenvalue weighted by Gasteiger charge is 2.41. The van der Waals surface area contributed by atoms with E-state index in [2.05, 4.69) is 30.4 Å². The Hall–Kier alpha value is -3.19. The number of nitrogens with one attached hydrogen (secondary N) is 1. The second kappa shape index (κ2) is 9.60. The lowest BCUT2D eigenvalue weighted by Gasteiger charge is -2.36. The van der Waals surface area contributed by atoms with E-state index in [9.17, 15) is 9.59 Å². The number of hydrogen-bond donors (Lipinski definition) is 1. The quantitative estimate of drug-likeness (QED) is 0.420. The summed E-state index contributed by atoms with van der Waals surface area (Å²) in [4.78, 5) is 34.3. The molecule has 0 unspecified atom stereocenters. The summed E-state index contributed by atoms with van der Waals surface area (Å²) in [6, 6.07) is 14.2. The van der Waals surface area contributed by atoms with Crippen molar-refractivity contribution in [2.75, 3.05) is 23.9 Å². The molecular weight excluding hydrogens is 482 g/mol. The number of thiazole rings is 1. The summed E-state index contributed by atoms with van der Waals surface area (Å²) in [5.41, 5.74) is 4.68. The molecule has 3 aromatic rings. The summed E-state index contributed by atoms with van der Waals surface area (Å²) in [6.07, 6.45) is 7.83. The molecule has 3 aliphatic rings. The number of benzene rings is 2. The van der Waals surface area contributed by atoms with E-state index in [-0.39, 0.29) is 17.7 Å². The van der Waals surface area contributed by atoms with Gasteiger partial charge in [0.05, 0.1) is 18.2 Å². The minimum atomic E-state index is -0.546. The maximum absolute atomic E-state index is 13.8. The first kappa shape index (κ1) is 24.2. The molecule has 7 heteroatoms. The number of nitrogens with zero attached hydrogens (tertiary/aromatic N) is 2. The number of fused-ring (bicyclic) bond motifs is 1. The fourth-order valence-corrected chi connectivity index (χ4v) is 6.81. The van der Waals surface area contributed by atoms with Crippen LogP contribution in [-0.2, 0) is 21.4 Å². The largest absolute Gasteiger partial charge is 0.497 e. The van der Waals surface area contributed by atoms with Crippen LogP contribution in [0.4, 0.5) is 10.8 Å². The van der Waals surface area contributed by atoms with Gasteiger partial charge < -0.3 is 15.0 Å². The predicted octanol–water partition coefficient (Wildman–Crippen LogP) is 6.27. The molecule has 37 heavy (non-hydrogen) atoms. The minimum absolute atomic E-state index is 0.0286. The van der Waals surface area contributed by atoms with Gasteiger partial charge in [-0.3, -0.25) is 9.59 Å². The number of anilines is 2. The standard InChI is InChI=1S/C30H33N3O3S/c1-19-26(22-8-13-25-21(18-22)14-17-33(25)27(34)20-6-7-20)31-29(37-19)32-28(35)30(15-4-3-5-16-30)23-9-11-24(36-2)12-10-23/h8-13,18,20H,3-7,14-17H2,1-2H3,(H,31,32,35). The zero-order valence-corrected chi connectivity index (χ0v) is 22.3. The molecule has 2 heterocycles. The first-order valence-corrected chi connectivity index (χ1v) is 14.2. The van der Waals surface area contributed by atoms with Crippen LogP contribution in [0.1, 0.15) is 60.9 Å². The van der Waals surface area contributed by atoms with Gasteiger partial charge in [-0.25, -0.2) is 4.98 Å². The third-order valence-electron chi connectivity index (χ3n) is 8.24. The molecule has 0 radical (unpaired) electrons. The first-order valence-electron chi connectivity index (χ1n) is 13.4. The number of amides is 2. The van der Waals surface area contributed by atoms with Gasteiger partial charge in [0.2, 0.25) is 11.8 Å². The number of methoxy groups -OCH3 is 1. The predicted molar refractivity (Wildman–Crippen MR) is 147 cm³/mol. The Morgan fingerprint density at radius 1 is 1.08 bits per heavy atom. The molecule has 6 nitrogen and oxygen atoms in total. The molecule has 1 N–H and O–H groups in total. The second-order valence-electron chi connectivity index (χ2n) is 10.6. The van der Waals surface area contributed by atoms with Crippen molar-refractivity contribution >= 4 is 34.0 Å². The molecule has 0 spiro atoms. The Kier molecular flexibility index (Phi) is 6.27. The van der Waals surface area contributed by atoms with E-state index in [1.807, 2.05) is 29.2 Å². The lowest BCUT2D eigenvalue weighted by molar-refractivity contribution is -0.123. The van der Waals surface area contributed by atoms with Gasteiger partial charge in [-0.1, -0.05) is 37.5 Å². The summed E-state index contributed by atoms with van der Waals surface area (Å²) in [6.45, 7) is 2.82. The lowest BCUT2D eigenvalue weighted by atomic mass is 9.68. The SMILES string of the molecule is COc1ccc(C2(C(=O)Nc3nc(-c4ccc5c(c4)CCN5C(=O)C4CC4)c(C)s3)CCCCC2)cc1. The fourth-order valence-electron chi connectivity index (χ4n) is 5.98. The van der Waals surface area contributed by atoms with Crippen LogP contribution in [0.5, 0.6) is 5.75 Å². The zero-order chi connectivity index (χ0) is 25.6. The van der Waals surface area contributed by atoms with Crippen molar-refractivity contribution < 1.29 is 14.3 Å². The summed E-state index contributed by atoms with van der Waals surface area (Å²) in [5.74, 6) is 1.32. The van der Waals surface area contributed by atoms with Crippen LogP contribution < -0.4 is 15.0 Å². The third-order valence-corrected chi connectivity index (χ3v) is 9.13. The Morgan fingerprint density at radius 2 is 1.84 bits per heavy atom. The smallest absolute Gasteiger partial charge is 0.236 e. The number of carbonyl (C=O) groups excluding carboxylic acids is 2. The van der Waals surface area contributed by atoms with Crippen LogP contribution in [0, 0.1) is 12.8 Å². The molecule has 0 bridgehead atoms. The molecule has 2 fully saturated rings. The van der Waals surface area contributed by atoms with Gasteiger partial charge in [0, 0.05) is 28.6 Å². The van der Waals surface area contributed by atoms with Gasteiger partial charge in [0.25, 0.3) is 0 Å². The van der Waals surface area contributed by atoms with Crippen molar-refractivity contribution in [2.24, 2.45) is 5.92 Å². The van der Waals surface area contributed by atoms with Gasteiger partial charge in [0.15, 0.2) is 5.13 Å². The second-order valence-corrected chi connectivity index (χ2v) is 11.8. The highest BCUT2D eigenvalue weighted by Crippen LogP contribution is 2.42. The normalized spacial score (nSPS) is 18.4. The van der Waals surface area contributed by atoms with E-state index in [0.717, 1.165) is 91.0 Å². The van der Waals surface area contributed by atoms with Gasteiger partial charge in [-0.05, 0) is 74.4 Å². The molecule has 2 aliphatic carbocycles. The summed E-state index contributed by atoms with van der Waals surface area (Å²) >= 11 is 1.52. The summed E-state index contributed by atoms with van der Waals surface area (Å²) in [7, 11) is 1.66. The number of rotatable bonds is 6. The molecule has 2 saturated carbocycles. The maximum Gasteiger partial charge on any atom is 0.236 e. The average molecular weight is 516 g/mol. The van der Waals surface area contributed by atoms with Gasteiger partial charge in [-0.2, -0.15) is 0 Å². The minimum Gasteiger partial charge on any atom is -0.497 e. The molecule has 1 aliphatic heterocycles. The van der Waals surface area contributed by atoms with Gasteiger partial charge >= 0.3 is 0 Å². The molecule has 2 aromatic carbocycles. The maximum atomic E-state index is 13.8.